The molecule has 2 aromatic carbocycles. The minimum absolute atomic E-state index is 0.0238. The zero-order valence-electron chi connectivity index (χ0n) is 21.1. The van der Waals surface area contributed by atoms with Gasteiger partial charge >= 0.3 is 0 Å². The smallest absolute Gasteiger partial charge is 0.164 e. The molecular formula is C28H37BrO5. The summed E-state index contributed by atoms with van der Waals surface area (Å²) in [5, 5.41) is 0. The minimum atomic E-state index is -0.186. The van der Waals surface area contributed by atoms with Crippen molar-refractivity contribution in [1.29, 1.82) is 0 Å². The number of methoxy groups -OCH3 is 3. The van der Waals surface area contributed by atoms with E-state index in [1.165, 1.54) is 0 Å². The van der Waals surface area contributed by atoms with Crippen LogP contribution >= 0.6 is 15.9 Å². The highest BCUT2D eigenvalue weighted by Gasteiger charge is 2.29. The van der Waals surface area contributed by atoms with Crippen molar-refractivity contribution in [3.8, 4) is 23.3 Å². The van der Waals surface area contributed by atoms with E-state index >= 15 is 0 Å². The predicted octanol–water partition coefficient (Wildman–Crippen LogP) is 6.27. The molecule has 0 radical (unpaired) electrons. The van der Waals surface area contributed by atoms with Crippen molar-refractivity contribution in [1.82, 2.24) is 0 Å². The second-order valence-corrected chi connectivity index (χ2v) is 9.33. The SMILES string of the molecule is CC#C[C@H](C)[C@@H](OCOC)[C@H](C[C@H](C)Cc1cc(Br)cc(OCc2ccccc2)c1OC)OC. The monoisotopic (exact) mass is 532 g/mol. The molecule has 2 rings (SSSR count). The normalized spacial score (nSPS) is 14.4. The van der Waals surface area contributed by atoms with E-state index in [-0.39, 0.29) is 24.9 Å². The average molecular weight is 534 g/mol. The van der Waals surface area contributed by atoms with Crippen molar-refractivity contribution in [2.24, 2.45) is 11.8 Å². The Balaban J connectivity index is 2.16. The van der Waals surface area contributed by atoms with Gasteiger partial charge in [-0.3, -0.25) is 0 Å². The molecule has 0 aliphatic heterocycles. The summed E-state index contributed by atoms with van der Waals surface area (Å²) < 4.78 is 29.8. The fourth-order valence-corrected chi connectivity index (χ4v) is 4.58. The number of halogens is 1. The Hall–Kier alpha value is -2.04. The molecule has 0 amide bonds. The molecule has 0 aromatic heterocycles. The Bertz CT molecular complexity index is 922. The van der Waals surface area contributed by atoms with Crippen LogP contribution in [0.3, 0.4) is 0 Å². The van der Waals surface area contributed by atoms with Gasteiger partial charge in [-0.1, -0.05) is 59.1 Å². The van der Waals surface area contributed by atoms with Crippen LogP contribution in [0, 0.1) is 23.7 Å². The summed E-state index contributed by atoms with van der Waals surface area (Å²) in [5.41, 5.74) is 2.19. The van der Waals surface area contributed by atoms with Crippen LogP contribution in [-0.2, 0) is 27.2 Å². The molecule has 0 spiro atoms. The summed E-state index contributed by atoms with van der Waals surface area (Å²) >= 11 is 3.64. The Morgan fingerprint density at radius 3 is 2.38 bits per heavy atom. The third kappa shape index (κ3) is 8.63. The van der Waals surface area contributed by atoms with Crippen LogP contribution in [0.1, 0.15) is 38.3 Å². The van der Waals surface area contributed by atoms with Crippen molar-refractivity contribution >= 4 is 15.9 Å². The van der Waals surface area contributed by atoms with Gasteiger partial charge in [0.15, 0.2) is 11.5 Å². The van der Waals surface area contributed by atoms with Crippen molar-refractivity contribution in [2.45, 2.75) is 52.4 Å². The van der Waals surface area contributed by atoms with Gasteiger partial charge in [-0.15, -0.1) is 5.92 Å². The lowest BCUT2D eigenvalue weighted by Gasteiger charge is -2.30. The van der Waals surface area contributed by atoms with Crippen LogP contribution in [0.15, 0.2) is 46.9 Å². The highest BCUT2D eigenvalue weighted by Crippen LogP contribution is 2.37. The topological polar surface area (TPSA) is 46.2 Å². The van der Waals surface area contributed by atoms with Gasteiger partial charge in [-0.25, -0.2) is 0 Å². The molecule has 0 N–H and O–H groups in total. The Morgan fingerprint density at radius 2 is 1.76 bits per heavy atom. The van der Waals surface area contributed by atoms with Crippen LogP contribution in [0.25, 0.3) is 0 Å². The quantitative estimate of drug-likeness (QED) is 0.212. The molecule has 0 aliphatic carbocycles. The number of rotatable bonds is 14. The van der Waals surface area contributed by atoms with Gasteiger partial charge in [0.25, 0.3) is 0 Å². The molecule has 34 heavy (non-hydrogen) atoms. The minimum Gasteiger partial charge on any atom is -0.493 e. The molecule has 0 bridgehead atoms. The van der Waals surface area contributed by atoms with Gasteiger partial charge in [0, 0.05) is 24.6 Å². The maximum absolute atomic E-state index is 6.13. The van der Waals surface area contributed by atoms with E-state index < -0.39 is 0 Å². The maximum Gasteiger partial charge on any atom is 0.164 e. The van der Waals surface area contributed by atoms with Crippen LogP contribution in [-0.4, -0.2) is 40.3 Å². The highest BCUT2D eigenvalue weighted by atomic mass is 79.9. The summed E-state index contributed by atoms with van der Waals surface area (Å²) in [6.07, 6.45) is 1.30. The lowest BCUT2D eigenvalue weighted by Crippen LogP contribution is -2.38. The summed E-state index contributed by atoms with van der Waals surface area (Å²) in [6.45, 7) is 6.78. The van der Waals surface area contributed by atoms with Crippen molar-refractivity contribution in [3.63, 3.8) is 0 Å². The van der Waals surface area contributed by atoms with Gasteiger partial charge in [0.05, 0.1) is 19.3 Å². The van der Waals surface area contributed by atoms with Crippen LogP contribution in [0.4, 0.5) is 0 Å². The summed E-state index contributed by atoms with van der Waals surface area (Å²) in [7, 11) is 5.03. The van der Waals surface area contributed by atoms with Crippen LogP contribution < -0.4 is 9.47 Å². The average Bonchev–Trinajstić information content (AvgIpc) is 2.82. The van der Waals surface area contributed by atoms with E-state index in [0.717, 1.165) is 39.9 Å². The number of hydrogen-bond donors (Lipinski definition) is 0. The van der Waals surface area contributed by atoms with Crippen LogP contribution in [0.5, 0.6) is 11.5 Å². The molecule has 4 atom stereocenters. The predicted molar refractivity (Wildman–Crippen MR) is 139 cm³/mol. The fourth-order valence-electron chi connectivity index (χ4n) is 4.10. The lowest BCUT2D eigenvalue weighted by atomic mass is 9.89. The molecule has 0 saturated carbocycles. The number of benzene rings is 2. The molecule has 0 saturated heterocycles. The van der Waals surface area contributed by atoms with Gasteiger partial charge in [-0.2, -0.15) is 0 Å². The molecule has 0 unspecified atom stereocenters. The summed E-state index contributed by atoms with van der Waals surface area (Å²) in [5.74, 6) is 7.99. The summed E-state index contributed by atoms with van der Waals surface area (Å²) in [4.78, 5) is 0. The molecular weight excluding hydrogens is 496 g/mol. The second kappa shape index (κ2) is 15.1. The van der Waals surface area contributed by atoms with E-state index in [4.69, 9.17) is 23.7 Å². The first-order chi connectivity index (χ1) is 16.4. The van der Waals surface area contributed by atoms with Gasteiger partial charge in [-0.05, 0) is 55.9 Å². The number of ether oxygens (including phenoxy) is 5. The molecule has 186 valence electrons. The molecule has 5 nitrogen and oxygen atoms in total. The van der Waals surface area contributed by atoms with Gasteiger partial charge in [0.2, 0.25) is 0 Å². The molecule has 0 heterocycles. The van der Waals surface area contributed by atoms with E-state index in [1.54, 1.807) is 21.3 Å². The standard InChI is InChI=1S/C28H37BrO5/c1-7-11-21(3)27(34-19-30-4)25(31-5)15-20(2)14-23-16-24(29)17-26(28(23)32-6)33-18-22-12-9-8-10-13-22/h8-10,12-13,16-17,20-21,25,27H,14-15,18-19H2,1-6H3/t20-,21+,25+,27-/m1/s1. The Labute approximate surface area is 213 Å². The second-order valence-electron chi connectivity index (χ2n) is 8.41. The fraction of sp³-hybridized carbons (Fsp3) is 0.500. The zero-order chi connectivity index (χ0) is 24.9. The Morgan fingerprint density at radius 1 is 1.03 bits per heavy atom. The molecule has 2 aromatic rings. The first kappa shape index (κ1) is 28.2. The highest BCUT2D eigenvalue weighted by molar-refractivity contribution is 9.10. The first-order valence-electron chi connectivity index (χ1n) is 11.5. The summed E-state index contributed by atoms with van der Waals surface area (Å²) in [6, 6.07) is 14.1. The number of hydrogen-bond acceptors (Lipinski definition) is 5. The van der Waals surface area contributed by atoms with Gasteiger partial charge < -0.3 is 23.7 Å². The van der Waals surface area contributed by atoms with E-state index in [1.807, 2.05) is 43.3 Å². The zero-order valence-corrected chi connectivity index (χ0v) is 22.7. The van der Waals surface area contributed by atoms with E-state index in [2.05, 4.69) is 47.7 Å². The van der Waals surface area contributed by atoms with Crippen molar-refractivity contribution in [2.75, 3.05) is 28.1 Å². The van der Waals surface area contributed by atoms with E-state index in [9.17, 15) is 0 Å². The van der Waals surface area contributed by atoms with Gasteiger partial charge in [0.1, 0.15) is 13.4 Å². The third-order valence-corrected chi connectivity index (χ3v) is 6.11. The first-order valence-corrected chi connectivity index (χ1v) is 12.3. The lowest BCUT2D eigenvalue weighted by molar-refractivity contribution is -0.135. The third-order valence-electron chi connectivity index (χ3n) is 5.65. The molecule has 0 fully saturated rings. The molecule has 0 aliphatic rings. The molecule has 6 heteroatoms. The maximum atomic E-state index is 6.13. The van der Waals surface area contributed by atoms with Crippen molar-refractivity contribution < 1.29 is 23.7 Å². The van der Waals surface area contributed by atoms with Crippen LogP contribution in [0.2, 0.25) is 0 Å². The Kier molecular flexibility index (Phi) is 12.5. The van der Waals surface area contributed by atoms with Crippen molar-refractivity contribution in [3.05, 3.63) is 58.1 Å². The van der Waals surface area contributed by atoms with E-state index in [0.29, 0.717) is 12.5 Å². The largest absolute Gasteiger partial charge is 0.493 e.